The average molecular weight is 476 g/mol. The lowest BCUT2D eigenvalue weighted by molar-refractivity contribution is -0.133. The molecule has 3 aromatic rings. The van der Waals surface area contributed by atoms with Gasteiger partial charge in [-0.15, -0.1) is 0 Å². The number of amides is 1. The molecule has 0 saturated carbocycles. The smallest absolute Gasteiger partial charge is 0.308 e. The minimum atomic E-state index is -0.436. The molecule has 1 aliphatic heterocycles. The van der Waals surface area contributed by atoms with Crippen molar-refractivity contribution in [2.24, 2.45) is 0 Å². The Bertz CT molecular complexity index is 1230. The number of fused-ring (bicyclic) bond motifs is 1. The summed E-state index contributed by atoms with van der Waals surface area (Å²) in [5, 5.41) is 0.177. The van der Waals surface area contributed by atoms with Gasteiger partial charge in [0.2, 0.25) is 5.91 Å². The van der Waals surface area contributed by atoms with Crippen molar-refractivity contribution in [1.29, 1.82) is 0 Å². The van der Waals surface area contributed by atoms with Gasteiger partial charge in [-0.1, -0.05) is 22.9 Å². The van der Waals surface area contributed by atoms with Crippen molar-refractivity contribution in [1.82, 2.24) is 14.4 Å². The Balaban J connectivity index is 1.58. The van der Waals surface area contributed by atoms with Crippen LogP contribution in [-0.4, -0.2) is 58.3 Å². The normalized spacial score (nSPS) is 15.0. The first kappa shape index (κ1) is 22.6. The third-order valence-corrected chi connectivity index (χ3v) is 7.05. The predicted octanol–water partition coefficient (Wildman–Crippen LogP) is 3.64. The second-order valence-corrected chi connectivity index (χ2v) is 9.50. The zero-order chi connectivity index (χ0) is 23.0. The minimum absolute atomic E-state index is 0.0674. The molecule has 0 spiro atoms. The lowest BCUT2D eigenvalue weighted by Gasteiger charge is -2.37. The van der Waals surface area contributed by atoms with Crippen LogP contribution in [0.2, 0.25) is 5.02 Å². The van der Waals surface area contributed by atoms with Gasteiger partial charge in [-0.3, -0.25) is 23.9 Å². The summed E-state index contributed by atoms with van der Waals surface area (Å²) >= 11 is 7.35. The van der Waals surface area contributed by atoms with Crippen LogP contribution < -0.4 is 4.87 Å². The second kappa shape index (κ2) is 9.13. The Hall–Kier alpha value is -2.55. The molecule has 4 rings (SSSR count). The van der Waals surface area contributed by atoms with E-state index in [2.05, 4.69) is 18.7 Å². The molecule has 0 unspecified atom stereocenters. The molecule has 1 saturated heterocycles. The van der Waals surface area contributed by atoms with Gasteiger partial charge in [-0.05, 0) is 50.2 Å². The molecule has 0 radical (unpaired) electrons. The van der Waals surface area contributed by atoms with Crippen molar-refractivity contribution in [3.8, 4) is 0 Å². The van der Waals surface area contributed by atoms with Gasteiger partial charge in [0, 0.05) is 43.3 Å². The SMILES string of the molecule is CC(C)N1CCN(C(=O)Cn2c(=O)sc3cc(C(=O)c4ccc(F)cc4)c(Cl)cc32)CC1. The third-order valence-electron chi connectivity index (χ3n) is 5.80. The number of piperazine rings is 1. The molecule has 2 aromatic carbocycles. The molecule has 6 nitrogen and oxygen atoms in total. The Morgan fingerprint density at radius 2 is 1.75 bits per heavy atom. The molecule has 0 bridgehead atoms. The van der Waals surface area contributed by atoms with E-state index >= 15 is 0 Å². The van der Waals surface area contributed by atoms with Gasteiger partial charge in [0.15, 0.2) is 5.78 Å². The Morgan fingerprint density at radius 1 is 1.09 bits per heavy atom. The molecule has 0 atom stereocenters. The van der Waals surface area contributed by atoms with E-state index in [9.17, 15) is 18.8 Å². The number of halogens is 2. The molecule has 1 aliphatic rings. The summed E-state index contributed by atoms with van der Waals surface area (Å²) in [4.78, 5) is 42.1. The lowest BCUT2D eigenvalue weighted by atomic mass is 10.0. The highest BCUT2D eigenvalue weighted by molar-refractivity contribution is 7.16. The van der Waals surface area contributed by atoms with Crippen LogP contribution in [0, 0.1) is 5.82 Å². The van der Waals surface area contributed by atoms with E-state index in [4.69, 9.17) is 11.6 Å². The number of hydrogen-bond acceptors (Lipinski definition) is 5. The number of ketones is 1. The van der Waals surface area contributed by atoms with Crippen LogP contribution in [0.1, 0.15) is 29.8 Å². The lowest BCUT2D eigenvalue weighted by Crippen LogP contribution is -2.51. The maximum atomic E-state index is 13.2. The maximum absolute atomic E-state index is 13.2. The number of aromatic nitrogens is 1. The number of rotatable bonds is 5. The number of hydrogen-bond donors (Lipinski definition) is 0. The molecule has 1 fully saturated rings. The molecule has 9 heteroatoms. The zero-order valence-corrected chi connectivity index (χ0v) is 19.4. The van der Waals surface area contributed by atoms with Crippen molar-refractivity contribution in [3.63, 3.8) is 0 Å². The fraction of sp³-hybridized carbons (Fsp3) is 0.348. The van der Waals surface area contributed by atoms with E-state index < -0.39 is 5.82 Å². The van der Waals surface area contributed by atoms with Crippen molar-refractivity contribution in [2.75, 3.05) is 26.2 Å². The molecular formula is C23H23ClFN3O3S. The third kappa shape index (κ3) is 4.48. The van der Waals surface area contributed by atoms with Crippen molar-refractivity contribution < 1.29 is 14.0 Å². The highest BCUT2D eigenvalue weighted by Crippen LogP contribution is 2.28. The number of thiazole rings is 1. The first-order chi connectivity index (χ1) is 15.2. The fourth-order valence-corrected chi connectivity index (χ4v) is 5.04. The van der Waals surface area contributed by atoms with Gasteiger partial charge >= 0.3 is 4.87 Å². The molecule has 0 N–H and O–H groups in total. The first-order valence-corrected chi connectivity index (χ1v) is 11.6. The predicted molar refractivity (Wildman–Crippen MR) is 124 cm³/mol. The highest BCUT2D eigenvalue weighted by Gasteiger charge is 2.24. The van der Waals surface area contributed by atoms with Crippen LogP contribution in [-0.2, 0) is 11.3 Å². The van der Waals surface area contributed by atoms with Gasteiger partial charge in [0.1, 0.15) is 12.4 Å². The van der Waals surface area contributed by atoms with E-state index in [-0.39, 0.29) is 33.7 Å². The van der Waals surface area contributed by atoms with Crippen molar-refractivity contribution in [2.45, 2.75) is 26.4 Å². The summed E-state index contributed by atoms with van der Waals surface area (Å²) in [5.74, 6) is -0.908. The largest absolute Gasteiger partial charge is 0.339 e. The van der Waals surface area contributed by atoms with Crippen LogP contribution in [0.5, 0.6) is 0 Å². The van der Waals surface area contributed by atoms with Crippen LogP contribution >= 0.6 is 22.9 Å². The number of benzene rings is 2. The summed E-state index contributed by atoms with van der Waals surface area (Å²) in [6.07, 6.45) is 0. The molecule has 1 aromatic heterocycles. The quantitative estimate of drug-likeness (QED) is 0.528. The van der Waals surface area contributed by atoms with E-state index in [1.54, 1.807) is 17.0 Å². The summed E-state index contributed by atoms with van der Waals surface area (Å²) < 4.78 is 15.2. The molecule has 32 heavy (non-hydrogen) atoms. The maximum Gasteiger partial charge on any atom is 0.308 e. The summed E-state index contributed by atoms with van der Waals surface area (Å²) in [6.45, 7) is 7.07. The van der Waals surface area contributed by atoms with Gasteiger partial charge in [0.25, 0.3) is 0 Å². The minimum Gasteiger partial charge on any atom is -0.339 e. The van der Waals surface area contributed by atoms with Crippen LogP contribution in [0.3, 0.4) is 0 Å². The van der Waals surface area contributed by atoms with E-state index in [1.165, 1.54) is 28.8 Å². The zero-order valence-electron chi connectivity index (χ0n) is 17.8. The molecule has 0 aliphatic carbocycles. The van der Waals surface area contributed by atoms with Crippen molar-refractivity contribution in [3.05, 3.63) is 68.0 Å². The molecular weight excluding hydrogens is 453 g/mol. The standard InChI is InChI=1S/C23H23ClFN3O3S/c1-14(2)26-7-9-27(10-8-26)21(29)13-28-19-12-18(24)17(11-20(19)32-23(28)31)22(30)15-3-5-16(25)6-4-15/h3-6,11-12,14H,7-10,13H2,1-2H3. The first-order valence-electron chi connectivity index (χ1n) is 10.4. The number of nitrogens with zero attached hydrogens (tertiary/aromatic N) is 3. The second-order valence-electron chi connectivity index (χ2n) is 8.10. The van der Waals surface area contributed by atoms with Gasteiger partial charge in [0.05, 0.1) is 15.2 Å². The van der Waals surface area contributed by atoms with Crippen LogP contribution in [0.25, 0.3) is 10.2 Å². The number of carbonyl (C=O) groups is 2. The Kier molecular flexibility index (Phi) is 6.46. The van der Waals surface area contributed by atoms with Crippen molar-refractivity contribution >= 4 is 44.8 Å². The van der Waals surface area contributed by atoms with Gasteiger partial charge < -0.3 is 4.90 Å². The monoisotopic (exact) mass is 475 g/mol. The fourth-order valence-electron chi connectivity index (χ4n) is 3.89. The van der Waals surface area contributed by atoms with E-state index in [0.717, 1.165) is 24.4 Å². The highest BCUT2D eigenvalue weighted by atomic mass is 35.5. The Morgan fingerprint density at radius 3 is 2.38 bits per heavy atom. The van der Waals surface area contributed by atoms with E-state index in [0.29, 0.717) is 34.9 Å². The van der Waals surface area contributed by atoms with E-state index in [1.807, 2.05) is 0 Å². The summed E-state index contributed by atoms with van der Waals surface area (Å²) in [5.41, 5.74) is 1.06. The average Bonchev–Trinajstić information content (AvgIpc) is 3.07. The van der Waals surface area contributed by atoms with Crippen LogP contribution in [0.15, 0.2) is 41.2 Å². The van der Waals surface area contributed by atoms with Crippen LogP contribution in [0.4, 0.5) is 4.39 Å². The summed E-state index contributed by atoms with van der Waals surface area (Å²) in [7, 11) is 0. The van der Waals surface area contributed by atoms with Gasteiger partial charge in [-0.2, -0.15) is 0 Å². The number of carbonyl (C=O) groups excluding carboxylic acids is 2. The van der Waals surface area contributed by atoms with Gasteiger partial charge in [-0.25, -0.2) is 4.39 Å². The molecule has 2 heterocycles. The summed E-state index contributed by atoms with van der Waals surface area (Å²) in [6, 6.07) is 8.76. The Labute approximate surface area is 193 Å². The molecule has 1 amide bonds. The topological polar surface area (TPSA) is 62.6 Å². The molecule has 168 valence electrons.